The second kappa shape index (κ2) is 8.17. The Balaban J connectivity index is 1.56. The highest BCUT2D eigenvalue weighted by Gasteiger charge is 2.04. The van der Waals surface area contributed by atoms with E-state index in [-0.39, 0.29) is 0 Å². The van der Waals surface area contributed by atoms with E-state index in [1.807, 2.05) is 24.3 Å². The van der Waals surface area contributed by atoms with Crippen LogP contribution < -0.4 is 15.8 Å². The Morgan fingerprint density at radius 2 is 2.00 bits per heavy atom. The first kappa shape index (κ1) is 16.8. The van der Waals surface area contributed by atoms with Crippen molar-refractivity contribution < 1.29 is 13.9 Å². The van der Waals surface area contributed by atoms with E-state index >= 15 is 0 Å². The summed E-state index contributed by atoms with van der Waals surface area (Å²) < 4.78 is 11.1. The molecule has 0 saturated heterocycles. The molecule has 3 rings (SSSR count). The average molecular weight is 336 g/mol. The molecule has 3 N–H and O–H groups in total. The van der Waals surface area contributed by atoms with Gasteiger partial charge in [-0.25, -0.2) is 0 Å². The molecule has 0 aliphatic heterocycles. The van der Waals surface area contributed by atoms with Gasteiger partial charge in [-0.15, -0.1) is 0 Å². The molecule has 2 aromatic rings. The van der Waals surface area contributed by atoms with E-state index in [1.54, 1.807) is 30.5 Å². The molecule has 1 heterocycles. The van der Waals surface area contributed by atoms with Crippen molar-refractivity contribution in [3.05, 3.63) is 89.6 Å². The highest BCUT2D eigenvalue weighted by atomic mass is 16.5. The maximum Gasteiger partial charge on any atom is 0.248 e. The van der Waals surface area contributed by atoms with Crippen molar-refractivity contribution in [3.8, 4) is 5.75 Å². The Labute approximate surface area is 146 Å². The van der Waals surface area contributed by atoms with E-state index in [9.17, 15) is 4.79 Å². The second-order valence-corrected chi connectivity index (χ2v) is 5.67. The molecule has 1 amide bonds. The fraction of sp³-hybridized carbons (Fsp3) is 0.150. The Bertz CT molecular complexity index is 800. The van der Waals surface area contributed by atoms with Gasteiger partial charge in [-0.2, -0.15) is 0 Å². The Kier molecular flexibility index (Phi) is 5.49. The SMILES string of the molecule is NC(=O)c1ccc(OC2=CC=C(CNCc3ccco3)CC=C2)cc1. The van der Waals surface area contributed by atoms with Gasteiger partial charge in [-0.1, -0.05) is 17.7 Å². The number of hydrogen-bond acceptors (Lipinski definition) is 4. The van der Waals surface area contributed by atoms with E-state index in [2.05, 4.69) is 17.5 Å². The van der Waals surface area contributed by atoms with Crippen LogP contribution >= 0.6 is 0 Å². The number of nitrogens with two attached hydrogens (primary N) is 1. The fourth-order valence-corrected chi connectivity index (χ4v) is 2.43. The highest BCUT2D eigenvalue weighted by molar-refractivity contribution is 5.92. The van der Waals surface area contributed by atoms with Crippen LogP contribution in [0.25, 0.3) is 0 Å². The maximum atomic E-state index is 11.1. The first-order valence-corrected chi connectivity index (χ1v) is 8.08. The fourth-order valence-electron chi connectivity index (χ4n) is 2.43. The van der Waals surface area contributed by atoms with Crippen LogP contribution in [0.3, 0.4) is 0 Å². The molecule has 1 aliphatic rings. The van der Waals surface area contributed by atoms with Crippen LogP contribution in [0.2, 0.25) is 0 Å². The first-order chi connectivity index (χ1) is 12.2. The van der Waals surface area contributed by atoms with Gasteiger partial charge >= 0.3 is 0 Å². The average Bonchev–Trinajstić information content (AvgIpc) is 3.03. The van der Waals surface area contributed by atoms with Gasteiger partial charge in [-0.3, -0.25) is 4.79 Å². The zero-order valence-corrected chi connectivity index (χ0v) is 13.8. The van der Waals surface area contributed by atoms with Crippen LogP contribution in [0.15, 0.2) is 82.7 Å². The van der Waals surface area contributed by atoms with Crippen LogP contribution in [0.5, 0.6) is 5.75 Å². The van der Waals surface area contributed by atoms with Crippen molar-refractivity contribution in [1.82, 2.24) is 5.32 Å². The highest BCUT2D eigenvalue weighted by Crippen LogP contribution is 2.18. The first-order valence-electron chi connectivity index (χ1n) is 8.08. The number of benzene rings is 1. The number of amides is 1. The number of primary amides is 1. The van der Waals surface area contributed by atoms with Gasteiger partial charge in [-0.05, 0) is 55.0 Å². The summed E-state index contributed by atoms with van der Waals surface area (Å²) in [6.07, 6.45) is 10.5. The largest absolute Gasteiger partial charge is 0.468 e. The molecule has 0 atom stereocenters. The molecule has 0 bridgehead atoms. The summed E-state index contributed by atoms with van der Waals surface area (Å²) >= 11 is 0. The molecular weight excluding hydrogens is 316 g/mol. The van der Waals surface area contributed by atoms with Crippen LogP contribution in [0.1, 0.15) is 22.5 Å². The molecule has 1 aromatic heterocycles. The summed E-state index contributed by atoms with van der Waals surface area (Å²) in [6.45, 7) is 1.48. The monoisotopic (exact) mass is 336 g/mol. The summed E-state index contributed by atoms with van der Waals surface area (Å²) in [5.41, 5.74) is 6.95. The summed E-state index contributed by atoms with van der Waals surface area (Å²) in [6, 6.07) is 10.6. The number of rotatable bonds is 7. The van der Waals surface area contributed by atoms with Gasteiger partial charge in [0.1, 0.15) is 17.3 Å². The maximum absolute atomic E-state index is 11.1. The lowest BCUT2D eigenvalue weighted by atomic mass is 10.2. The van der Waals surface area contributed by atoms with Crippen LogP contribution in [-0.4, -0.2) is 12.5 Å². The van der Waals surface area contributed by atoms with Crippen molar-refractivity contribution in [2.45, 2.75) is 13.0 Å². The number of furan rings is 1. The second-order valence-electron chi connectivity index (χ2n) is 5.67. The summed E-state index contributed by atoms with van der Waals surface area (Å²) in [4.78, 5) is 11.1. The molecule has 0 unspecified atom stereocenters. The zero-order chi connectivity index (χ0) is 17.5. The van der Waals surface area contributed by atoms with Gasteiger partial charge in [0.05, 0.1) is 12.8 Å². The quantitative estimate of drug-likeness (QED) is 0.813. The molecule has 0 saturated carbocycles. The number of nitrogens with one attached hydrogen (secondary N) is 1. The lowest BCUT2D eigenvalue weighted by Gasteiger charge is -2.06. The molecular formula is C20H20N2O3. The minimum Gasteiger partial charge on any atom is -0.468 e. The molecule has 1 aliphatic carbocycles. The van der Waals surface area contributed by atoms with Crippen molar-refractivity contribution in [3.63, 3.8) is 0 Å². The standard InChI is InChI=1S/C20H20N2O3/c21-20(23)16-7-10-18(11-8-16)25-17-4-1-3-15(6-9-17)13-22-14-19-5-2-12-24-19/h1-2,4-12,22H,3,13-14H2,(H2,21,23). The van der Waals surface area contributed by atoms with Crippen molar-refractivity contribution in [1.29, 1.82) is 0 Å². The van der Waals surface area contributed by atoms with Crippen molar-refractivity contribution in [2.24, 2.45) is 5.73 Å². The van der Waals surface area contributed by atoms with Gasteiger partial charge in [0.25, 0.3) is 0 Å². The molecule has 5 nitrogen and oxygen atoms in total. The number of ether oxygens (including phenoxy) is 1. The Hall–Kier alpha value is -3.05. The Morgan fingerprint density at radius 3 is 2.72 bits per heavy atom. The Morgan fingerprint density at radius 1 is 1.16 bits per heavy atom. The molecule has 0 fully saturated rings. The topological polar surface area (TPSA) is 77.5 Å². The van der Waals surface area contributed by atoms with Crippen LogP contribution in [0, 0.1) is 0 Å². The molecule has 1 aromatic carbocycles. The minimum absolute atomic E-state index is 0.449. The number of carbonyl (C=O) groups is 1. The van der Waals surface area contributed by atoms with E-state index < -0.39 is 5.91 Å². The molecule has 5 heteroatoms. The van der Waals surface area contributed by atoms with Crippen LogP contribution in [0.4, 0.5) is 0 Å². The lowest BCUT2D eigenvalue weighted by Crippen LogP contribution is -2.15. The number of hydrogen-bond donors (Lipinski definition) is 2. The predicted molar refractivity (Wildman–Crippen MR) is 95.9 cm³/mol. The molecule has 0 spiro atoms. The third-order valence-electron chi connectivity index (χ3n) is 3.75. The van der Waals surface area contributed by atoms with Gasteiger partial charge in [0, 0.05) is 12.1 Å². The normalized spacial score (nSPS) is 13.8. The minimum atomic E-state index is -0.449. The third-order valence-corrected chi connectivity index (χ3v) is 3.75. The summed E-state index contributed by atoms with van der Waals surface area (Å²) in [5, 5.41) is 3.36. The van der Waals surface area contributed by atoms with E-state index in [0.717, 1.165) is 24.5 Å². The zero-order valence-electron chi connectivity index (χ0n) is 13.8. The van der Waals surface area contributed by atoms with Gasteiger partial charge in [0.15, 0.2) is 0 Å². The lowest BCUT2D eigenvalue weighted by molar-refractivity contribution is 0.100. The molecule has 25 heavy (non-hydrogen) atoms. The summed E-state index contributed by atoms with van der Waals surface area (Å²) in [7, 11) is 0. The van der Waals surface area contributed by atoms with Gasteiger partial charge < -0.3 is 20.2 Å². The van der Waals surface area contributed by atoms with Crippen LogP contribution in [-0.2, 0) is 6.54 Å². The predicted octanol–water partition coefficient (Wildman–Crippen LogP) is 3.32. The summed E-state index contributed by atoms with van der Waals surface area (Å²) in [5.74, 6) is 1.88. The third kappa shape index (κ3) is 4.96. The smallest absolute Gasteiger partial charge is 0.248 e. The molecule has 128 valence electrons. The number of carbonyl (C=O) groups excluding carboxylic acids is 1. The van der Waals surface area contributed by atoms with E-state index in [1.165, 1.54) is 5.57 Å². The molecule has 0 radical (unpaired) electrons. The van der Waals surface area contributed by atoms with Gasteiger partial charge in [0.2, 0.25) is 5.91 Å². The van der Waals surface area contributed by atoms with Crippen molar-refractivity contribution in [2.75, 3.05) is 6.54 Å². The number of allylic oxidation sites excluding steroid dienone is 4. The van der Waals surface area contributed by atoms with E-state index in [4.69, 9.17) is 14.9 Å². The van der Waals surface area contributed by atoms with Crippen molar-refractivity contribution >= 4 is 5.91 Å². The van der Waals surface area contributed by atoms with E-state index in [0.29, 0.717) is 17.9 Å².